The van der Waals surface area contributed by atoms with Crippen molar-refractivity contribution in [3.05, 3.63) is 53.5 Å². The SMILES string of the molecule is Cc1ccnc(SCc2nc3ccccc3n2Cl)c1C. The Labute approximate surface area is 127 Å². The first kappa shape index (κ1) is 13.5. The zero-order valence-corrected chi connectivity index (χ0v) is 12.9. The summed E-state index contributed by atoms with van der Waals surface area (Å²) in [4.78, 5) is 8.98. The largest absolute Gasteiger partial charge is 0.250 e. The van der Waals surface area contributed by atoms with Crippen molar-refractivity contribution in [2.45, 2.75) is 24.6 Å². The fraction of sp³-hybridized carbons (Fsp3) is 0.200. The standard InChI is InChI=1S/C15H14ClN3S/c1-10-7-8-17-15(11(10)2)20-9-14-18-12-5-3-4-6-13(12)19(14)16/h3-8H,9H2,1-2H3. The molecule has 0 radical (unpaired) electrons. The van der Waals surface area contributed by atoms with Crippen LogP contribution in [-0.2, 0) is 5.75 Å². The number of rotatable bonds is 3. The van der Waals surface area contributed by atoms with Gasteiger partial charge in [0.1, 0.15) is 5.82 Å². The molecule has 5 heteroatoms. The molecule has 102 valence electrons. The molecule has 0 amide bonds. The van der Waals surface area contributed by atoms with Gasteiger partial charge in [0, 0.05) is 18.0 Å². The van der Waals surface area contributed by atoms with Gasteiger partial charge in [0.05, 0.1) is 21.8 Å². The van der Waals surface area contributed by atoms with Crippen LogP contribution in [0.4, 0.5) is 0 Å². The van der Waals surface area contributed by atoms with Gasteiger partial charge in [-0.25, -0.2) is 14.1 Å². The van der Waals surface area contributed by atoms with Crippen LogP contribution in [0.3, 0.4) is 0 Å². The van der Waals surface area contributed by atoms with E-state index < -0.39 is 0 Å². The molecule has 0 atom stereocenters. The number of thioether (sulfide) groups is 1. The van der Waals surface area contributed by atoms with Crippen LogP contribution < -0.4 is 0 Å². The molecule has 0 N–H and O–H groups in total. The summed E-state index contributed by atoms with van der Waals surface area (Å²) in [6, 6.07) is 9.90. The molecule has 0 saturated heterocycles. The predicted octanol–water partition coefficient (Wildman–Crippen LogP) is 4.34. The number of hydrogen-bond donors (Lipinski definition) is 0. The minimum atomic E-state index is 0.704. The van der Waals surface area contributed by atoms with E-state index >= 15 is 0 Å². The summed E-state index contributed by atoms with van der Waals surface area (Å²) in [6.45, 7) is 4.19. The zero-order chi connectivity index (χ0) is 14.1. The number of aryl methyl sites for hydroxylation is 1. The van der Waals surface area contributed by atoms with Crippen molar-refractivity contribution in [1.82, 2.24) is 14.1 Å². The molecule has 0 aliphatic rings. The number of aromatic nitrogens is 3. The molecule has 2 heterocycles. The number of hydrogen-bond acceptors (Lipinski definition) is 3. The molecule has 0 saturated carbocycles. The summed E-state index contributed by atoms with van der Waals surface area (Å²) in [5.74, 6) is 1.55. The summed E-state index contributed by atoms with van der Waals surface area (Å²) in [7, 11) is 0. The van der Waals surface area contributed by atoms with Crippen molar-refractivity contribution in [3.8, 4) is 0 Å². The van der Waals surface area contributed by atoms with E-state index in [1.165, 1.54) is 11.1 Å². The number of imidazole rings is 1. The van der Waals surface area contributed by atoms with E-state index in [-0.39, 0.29) is 0 Å². The smallest absolute Gasteiger partial charge is 0.135 e. The second-order valence-electron chi connectivity index (χ2n) is 4.64. The lowest BCUT2D eigenvalue weighted by molar-refractivity contribution is 1.03. The van der Waals surface area contributed by atoms with Gasteiger partial charge in [-0.3, -0.25) is 0 Å². The monoisotopic (exact) mass is 303 g/mol. The molecular formula is C15H14ClN3S. The third kappa shape index (κ3) is 2.41. The molecular weight excluding hydrogens is 290 g/mol. The molecule has 2 aromatic heterocycles. The topological polar surface area (TPSA) is 30.7 Å². The quantitative estimate of drug-likeness (QED) is 0.674. The van der Waals surface area contributed by atoms with E-state index in [0.29, 0.717) is 5.75 Å². The van der Waals surface area contributed by atoms with Crippen LogP contribution in [0.5, 0.6) is 0 Å². The Morgan fingerprint density at radius 1 is 1.20 bits per heavy atom. The van der Waals surface area contributed by atoms with Gasteiger partial charge in [-0.1, -0.05) is 23.9 Å². The van der Waals surface area contributed by atoms with Crippen LogP contribution in [0.1, 0.15) is 17.0 Å². The van der Waals surface area contributed by atoms with Crippen molar-refractivity contribution < 1.29 is 0 Å². The lowest BCUT2D eigenvalue weighted by atomic mass is 10.2. The second kappa shape index (κ2) is 5.46. The van der Waals surface area contributed by atoms with E-state index in [9.17, 15) is 0 Å². The maximum atomic E-state index is 6.31. The van der Waals surface area contributed by atoms with Crippen molar-refractivity contribution in [2.75, 3.05) is 0 Å². The van der Waals surface area contributed by atoms with Crippen molar-refractivity contribution >= 4 is 34.6 Å². The molecule has 0 spiro atoms. The normalized spacial score (nSPS) is 11.2. The van der Waals surface area contributed by atoms with Crippen molar-refractivity contribution in [2.24, 2.45) is 0 Å². The Morgan fingerprint density at radius 3 is 2.80 bits per heavy atom. The molecule has 3 nitrogen and oxygen atoms in total. The molecule has 0 fully saturated rings. The van der Waals surface area contributed by atoms with E-state index in [2.05, 4.69) is 23.8 Å². The first-order valence-corrected chi connectivity index (χ1v) is 7.66. The maximum absolute atomic E-state index is 6.31. The van der Waals surface area contributed by atoms with Gasteiger partial charge in [-0.2, -0.15) is 0 Å². The first-order chi connectivity index (χ1) is 9.66. The summed E-state index contributed by atoms with van der Waals surface area (Å²) in [5, 5.41) is 1.04. The Hall–Kier alpha value is -1.52. The van der Waals surface area contributed by atoms with Gasteiger partial charge in [0.2, 0.25) is 0 Å². The number of benzene rings is 1. The van der Waals surface area contributed by atoms with E-state index in [1.807, 2.05) is 36.5 Å². The Morgan fingerprint density at radius 2 is 2.00 bits per heavy atom. The molecule has 0 aliphatic heterocycles. The van der Waals surface area contributed by atoms with E-state index in [0.717, 1.165) is 21.9 Å². The minimum absolute atomic E-state index is 0.704. The highest BCUT2D eigenvalue weighted by atomic mass is 35.5. The van der Waals surface area contributed by atoms with Crippen molar-refractivity contribution in [1.29, 1.82) is 0 Å². The van der Waals surface area contributed by atoms with Crippen LogP contribution in [0.25, 0.3) is 11.0 Å². The second-order valence-corrected chi connectivity index (χ2v) is 5.95. The summed E-state index contributed by atoms with van der Waals surface area (Å²) in [6.07, 6.45) is 1.84. The minimum Gasteiger partial charge on any atom is -0.250 e. The highest BCUT2D eigenvalue weighted by Gasteiger charge is 2.10. The molecule has 3 rings (SSSR count). The van der Waals surface area contributed by atoms with Gasteiger partial charge in [-0.05, 0) is 43.2 Å². The maximum Gasteiger partial charge on any atom is 0.135 e. The molecule has 0 unspecified atom stereocenters. The Bertz CT molecular complexity index is 767. The highest BCUT2D eigenvalue weighted by Crippen LogP contribution is 2.27. The molecule has 0 bridgehead atoms. The van der Waals surface area contributed by atoms with Crippen LogP contribution in [0, 0.1) is 13.8 Å². The Kier molecular flexibility index (Phi) is 3.68. The molecule has 20 heavy (non-hydrogen) atoms. The van der Waals surface area contributed by atoms with Gasteiger partial charge >= 0.3 is 0 Å². The molecule has 0 aliphatic carbocycles. The summed E-state index contributed by atoms with van der Waals surface area (Å²) in [5.41, 5.74) is 4.34. The van der Waals surface area contributed by atoms with Gasteiger partial charge < -0.3 is 0 Å². The fourth-order valence-electron chi connectivity index (χ4n) is 2.02. The zero-order valence-electron chi connectivity index (χ0n) is 11.3. The van der Waals surface area contributed by atoms with Gasteiger partial charge in [-0.15, -0.1) is 0 Å². The lowest BCUT2D eigenvalue weighted by Crippen LogP contribution is -1.93. The van der Waals surface area contributed by atoms with E-state index in [1.54, 1.807) is 15.8 Å². The van der Waals surface area contributed by atoms with Crippen LogP contribution in [0.2, 0.25) is 0 Å². The fourth-order valence-corrected chi connectivity index (χ4v) is 3.31. The lowest BCUT2D eigenvalue weighted by Gasteiger charge is -2.06. The Balaban J connectivity index is 1.87. The number of pyridine rings is 1. The van der Waals surface area contributed by atoms with Gasteiger partial charge in [0.15, 0.2) is 0 Å². The third-order valence-electron chi connectivity index (χ3n) is 3.34. The first-order valence-electron chi connectivity index (χ1n) is 6.34. The third-order valence-corrected chi connectivity index (χ3v) is 4.80. The predicted molar refractivity (Wildman–Crippen MR) is 84.3 cm³/mol. The summed E-state index contributed by atoms with van der Waals surface area (Å²) >= 11 is 7.98. The summed E-state index contributed by atoms with van der Waals surface area (Å²) < 4.78 is 1.63. The number of nitrogens with zero attached hydrogens (tertiary/aromatic N) is 3. The van der Waals surface area contributed by atoms with Crippen molar-refractivity contribution in [3.63, 3.8) is 0 Å². The molecule has 3 aromatic rings. The number of para-hydroxylation sites is 2. The van der Waals surface area contributed by atoms with Crippen LogP contribution in [-0.4, -0.2) is 14.1 Å². The number of fused-ring (bicyclic) bond motifs is 1. The molecule has 1 aromatic carbocycles. The van der Waals surface area contributed by atoms with Crippen LogP contribution in [0.15, 0.2) is 41.6 Å². The number of halogens is 1. The van der Waals surface area contributed by atoms with E-state index in [4.69, 9.17) is 11.8 Å². The highest BCUT2D eigenvalue weighted by molar-refractivity contribution is 7.98. The average Bonchev–Trinajstić information content (AvgIpc) is 2.78. The average molecular weight is 304 g/mol. The van der Waals surface area contributed by atoms with Crippen LogP contribution >= 0.6 is 23.5 Å². The van der Waals surface area contributed by atoms with Gasteiger partial charge in [0.25, 0.3) is 0 Å².